The van der Waals surface area contributed by atoms with Gasteiger partial charge in [-0.1, -0.05) is 20.8 Å². The zero-order chi connectivity index (χ0) is 18.2. The number of aryl methyl sites for hydroxylation is 2. The lowest BCUT2D eigenvalue weighted by atomic mass is 9.92. The molecular formula is C17H23N3O4. The molecular weight excluding hydrogens is 310 g/mol. The lowest BCUT2D eigenvalue weighted by molar-refractivity contribution is 0.0694. The molecule has 1 amide bonds. The van der Waals surface area contributed by atoms with Gasteiger partial charge in [-0.15, -0.1) is 0 Å². The predicted molar refractivity (Wildman–Crippen MR) is 88.1 cm³/mol. The van der Waals surface area contributed by atoms with Crippen molar-refractivity contribution in [2.75, 3.05) is 7.05 Å². The molecule has 0 saturated carbocycles. The molecule has 0 radical (unpaired) electrons. The summed E-state index contributed by atoms with van der Waals surface area (Å²) in [5.74, 6) is -0.489. The SMILES string of the molecule is Cc1oc(CN(C)C(=O)c2cc(C(C)(C)C)nn2C)cc1C(=O)O. The molecule has 130 valence electrons. The van der Waals surface area contributed by atoms with Crippen LogP contribution < -0.4 is 0 Å². The number of furan rings is 1. The Balaban J connectivity index is 2.20. The highest BCUT2D eigenvalue weighted by Gasteiger charge is 2.24. The number of carboxylic acid groups (broad SMARTS) is 1. The van der Waals surface area contributed by atoms with Gasteiger partial charge in [-0.25, -0.2) is 4.79 Å². The maximum atomic E-state index is 12.6. The van der Waals surface area contributed by atoms with Gasteiger partial charge in [0.15, 0.2) is 0 Å². The third-order valence-corrected chi connectivity index (χ3v) is 3.81. The van der Waals surface area contributed by atoms with Crippen molar-refractivity contribution in [2.45, 2.75) is 39.7 Å². The molecule has 0 saturated heterocycles. The Morgan fingerprint density at radius 3 is 2.42 bits per heavy atom. The van der Waals surface area contributed by atoms with Crippen molar-refractivity contribution in [3.05, 3.63) is 40.6 Å². The van der Waals surface area contributed by atoms with Crippen molar-refractivity contribution in [1.82, 2.24) is 14.7 Å². The zero-order valence-electron chi connectivity index (χ0n) is 14.9. The van der Waals surface area contributed by atoms with Crippen LogP contribution in [0.4, 0.5) is 0 Å². The lowest BCUT2D eigenvalue weighted by Gasteiger charge is -2.15. The maximum Gasteiger partial charge on any atom is 0.339 e. The van der Waals surface area contributed by atoms with Gasteiger partial charge >= 0.3 is 5.97 Å². The summed E-state index contributed by atoms with van der Waals surface area (Å²) < 4.78 is 6.99. The monoisotopic (exact) mass is 333 g/mol. The van der Waals surface area contributed by atoms with Crippen molar-refractivity contribution in [1.29, 1.82) is 0 Å². The second-order valence-corrected chi connectivity index (χ2v) is 6.94. The number of hydrogen-bond acceptors (Lipinski definition) is 4. The second-order valence-electron chi connectivity index (χ2n) is 6.94. The van der Waals surface area contributed by atoms with Crippen molar-refractivity contribution in [2.24, 2.45) is 7.05 Å². The highest BCUT2D eigenvalue weighted by Crippen LogP contribution is 2.22. The minimum atomic E-state index is -1.04. The minimum absolute atomic E-state index is 0.112. The predicted octanol–water partition coefficient (Wildman–Crippen LogP) is 2.59. The van der Waals surface area contributed by atoms with Gasteiger partial charge in [0.25, 0.3) is 5.91 Å². The molecule has 0 unspecified atom stereocenters. The number of amides is 1. The molecule has 2 rings (SSSR count). The number of hydrogen-bond donors (Lipinski definition) is 1. The van der Waals surface area contributed by atoms with E-state index in [0.717, 1.165) is 5.69 Å². The molecule has 0 aliphatic rings. The maximum absolute atomic E-state index is 12.6. The van der Waals surface area contributed by atoms with Crippen LogP contribution in [-0.2, 0) is 19.0 Å². The minimum Gasteiger partial charge on any atom is -0.478 e. The van der Waals surface area contributed by atoms with Gasteiger partial charge in [-0.05, 0) is 19.1 Å². The van der Waals surface area contributed by atoms with E-state index in [1.165, 1.54) is 11.0 Å². The van der Waals surface area contributed by atoms with Gasteiger partial charge in [0.2, 0.25) is 0 Å². The standard InChI is InChI=1S/C17H23N3O4/c1-10-12(16(22)23)7-11(24-10)9-19(5)15(21)13-8-14(17(2,3)4)18-20(13)6/h7-8H,9H2,1-6H3,(H,22,23). The van der Waals surface area contributed by atoms with Crippen molar-refractivity contribution < 1.29 is 19.1 Å². The van der Waals surface area contributed by atoms with Crippen LogP contribution in [0.2, 0.25) is 0 Å². The van der Waals surface area contributed by atoms with E-state index in [9.17, 15) is 9.59 Å². The van der Waals surface area contributed by atoms with E-state index >= 15 is 0 Å². The molecule has 0 atom stereocenters. The summed E-state index contributed by atoms with van der Waals surface area (Å²) in [5, 5.41) is 13.5. The summed E-state index contributed by atoms with van der Waals surface area (Å²) in [5.41, 5.74) is 1.28. The van der Waals surface area contributed by atoms with Crippen molar-refractivity contribution in [3.63, 3.8) is 0 Å². The highest BCUT2D eigenvalue weighted by molar-refractivity contribution is 5.92. The summed E-state index contributed by atoms with van der Waals surface area (Å²) in [7, 11) is 3.38. The van der Waals surface area contributed by atoms with Crippen LogP contribution in [0.15, 0.2) is 16.5 Å². The first kappa shape index (κ1) is 17.8. The number of carboxylic acids is 1. The number of aromatic nitrogens is 2. The normalized spacial score (nSPS) is 11.6. The summed E-state index contributed by atoms with van der Waals surface area (Å²) in [6.07, 6.45) is 0. The van der Waals surface area contributed by atoms with Crippen LogP contribution in [0.1, 0.15) is 58.8 Å². The van der Waals surface area contributed by atoms with Gasteiger partial charge in [0.05, 0.1) is 12.2 Å². The fourth-order valence-electron chi connectivity index (χ4n) is 2.37. The topological polar surface area (TPSA) is 88.6 Å². The molecule has 7 nitrogen and oxygen atoms in total. The fourth-order valence-corrected chi connectivity index (χ4v) is 2.37. The molecule has 0 aromatic carbocycles. The highest BCUT2D eigenvalue weighted by atomic mass is 16.4. The first-order valence-electron chi connectivity index (χ1n) is 7.63. The second kappa shape index (κ2) is 6.14. The number of aromatic carboxylic acids is 1. The molecule has 7 heteroatoms. The number of carbonyl (C=O) groups excluding carboxylic acids is 1. The summed E-state index contributed by atoms with van der Waals surface area (Å²) in [6, 6.07) is 3.24. The van der Waals surface area contributed by atoms with Crippen LogP contribution >= 0.6 is 0 Å². The Morgan fingerprint density at radius 1 is 1.33 bits per heavy atom. The fraction of sp³-hybridized carbons (Fsp3) is 0.471. The van der Waals surface area contributed by atoms with Crippen LogP contribution in [-0.4, -0.2) is 38.7 Å². The smallest absolute Gasteiger partial charge is 0.339 e. The van der Waals surface area contributed by atoms with Crippen LogP contribution in [0.5, 0.6) is 0 Å². The summed E-state index contributed by atoms with van der Waals surface area (Å²) >= 11 is 0. The van der Waals surface area contributed by atoms with E-state index in [2.05, 4.69) is 5.10 Å². The third kappa shape index (κ3) is 3.50. The quantitative estimate of drug-likeness (QED) is 0.929. The van der Waals surface area contributed by atoms with E-state index in [0.29, 0.717) is 17.2 Å². The largest absolute Gasteiger partial charge is 0.478 e. The average Bonchev–Trinajstić information content (AvgIpc) is 3.00. The van der Waals surface area contributed by atoms with E-state index in [4.69, 9.17) is 9.52 Å². The number of rotatable bonds is 4. The van der Waals surface area contributed by atoms with E-state index < -0.39 is 5.97 Å². The van der Waals surface area contributed by atoms with E-state index in [-0.39, 0.29) is 23.4 Å². The molecule has 2 aromatic heterocycles. The molecule has 1 N–H and O–H groups in total. The number of carbonyl (C=O) groups is 2. The Hall–Kier alpha value is -2.57. The first-order valence-corrected chi connectivity index (χ1v) is 7.63. The van der Waals surface area contributed by atoms with Gasteiger partial charge in [-0.2, -0.15) is 5.10 Å². The van der Waals surface area contributed by atoms with E-state index in [1.54, 1.807) is 31.8 Å². The van der Waals surface area contributed by atoms with Gasteiger partial charge in [-0.3, -0.25) is 9.48 Å². The zero-order valence-corrected chi connectivity index (χ0v) is 14.9. The first-order chi connectivity index (χ1) is 11.0. The van der Waals surface area contributed by atoms with Gasteiger partial charge in [0.1, 0.15) is 22.8 Å². The summed E-state index contributed by atoms with van der Waals surface area (Å²) in [4.78, 5) is 25.2. The van der Waals surface area contributed by atoms with Crippen LogP contribution in [0.25, 0.3) is 0 Å². The number of nitrogens with zero attached hydrogens (tertiary/aromatic N) is 3. The lowest BCUT2D eigenvalue weighted by Crippen LogP contribution is -2.27. The molecule has 0 fully saturated rings. The average molecular weight is 333 g/mol. The summed E-state index contributed by atoms with van der Waals surface area (Å²) in [6.45, 7) is 7.87. The Kier molecular flexibility index (Phi) is 4.55. The van der Waals surface area contributed by atoms with Gasteiger partial charge in [0, 0.05) is 19.5 Å². The molecule has 0 spiro atoms. The van der Waals surface area contributed by atoms with Crippen molar-refractivity contribution >= 4 is 11.9 Å². The molecule has 2 aromatic rings. The van der Waals surface area contributed by atoms with Crippen molar-refractivity contribution in [3.8, 4) is 0 Å². The Morgan fingerprint density at radius 2 is 1.96 bits per heavy atom. The Labute approximate surface area is 140 Å². The molecule has 24 heavy (non-hydrogen) atoms. The van der Waals surface area contributed by atoms with Crippen LogP contribution in [0, 0.1) is 6.92 Å². The third-order valence-electron chi connectivity index (χ3n) is 3.81. The van der Waals surface area contributed by atoms with Gasteiger partial charge < -0.3 is 14.4 Å². The molecule has 2 heterocycles. The van der Waals surface area contributed by atoms with Crippen LogP contribution in [0.3, 0.4) is 0 Å². The Bertz CT molecular complexity index is 780. The molecule has 0 aliphatic carbocycles. The molecule has 0 aliphatic heterocycles. The molecule has 0 bridgehead atoms. The van der Waals surface area contributed by atoms with E-state index in [1.807, 2.05) is 20.8 Å².